The van der Waals surface area contributed by atoms with Crippen LogP contribution in [-0.2, 0) is 11.0 Å². The van der Waals surface area contributed by atoms with Gasteiger partial charge in [0.05, 0.1) is 11.1 Å². The number of unbranched alkanes of at least 4 members (excludes halogenated alkanes) is 1. The Kier molecular flexibility index (Phi) is 10.1. The van der Waals surface area contributed by atoms with Crippen LogP contribution >= 0.6 is 0 Å². The van der Waals surface area contributed by atoms with Crippen LogP contribution in [0.5, 0.6) is 11.5 Å². The van der Waals surface area contributed by atoms with Crippen LogP contribution in [0, 0.1) is 0 Å². The number of nitrogens with two attached hydrogens (primary N) is 1. The quantitative estimate of drug-likeness (QED) is 0.208. The zero-order valence-electron chi connectivity index (χ0n) is 20.7. The second kappa shape index (κ2) is 13.4. The lowest BCUT2D eigenvalue weighted by atomic mass is 10.1. The fourth-order valence-electron chi connectivity index (χ4n) is 3.74. The first-order valence-corrected chi connectivity index (χ1v) is 12.0. The van der Waals surface area contributed by atoms with Gasteiger partial charge >= 0.3 is 6.18 Å². The molecule has 0 bridgehead atoms. The predicted molar refractivity (Wildman–Crippen MR) is 140 cm³/mol. The summed E-state index contributed by atoms with van der Waals surface area (Å²) in [5, 5.41) is 12.3. The molecule has 1 aromatic heterocycles. The molecule has 0 aliphatic carbocycles. The summed E-state index contributed by atoms with van der Waals surface area (Å²) in [6, 6.07) is 11.4. The van der Waals surface area contributed by atoms with Crippen molar-refractivity contribution in [1.29, 1.82) is 0 Å². The number of anilines is 2. The Morgan fingerprint density at radius 2 is 1.82 bits per heavy atom. The zero-order valence-corrected chi connectivity index (χ0v) is 20.7. The number of nitrogens with zero attached hydrogens (tertiary/aromatic N) is 3. The molecule has 0 fully saturated rings. The smallest absolute Gasteiger partial charge is 0.416 e. The SMILES string of the molecule is C=CC(=O)N(CCCO)CCCCNc1ncnc(N)c1-c1ccc(Oc2cccc(C(F)(F)F)c2)cc1. The predicted octanol–water partition coefficient (Wildman–Crippen LogP) is 5.13. The molecule has 8 nitrogen and oxygen atoms in total. The molecule has 4 N–H and O–H groups in total. The number of hydrogen-bond donors (Lipinski definition) is 3. The van der Waals surface area contributed by atoms with Crippen LogP contribution in [0.2, 0.25) is 0 Å². The number of nitrogens with one attached hydrogen (secondary N) is 1. The van der Waals surface area contributed by atoms with Gasteiger partial charge in [-0.2, -0.15) is 13.2 Å². The third kappa shape index (κ3) is 7.94. The Labute approximate surface area is 219 Å². The molecule has 0 radical (unpaired) electrons. The molecular weight excluding hydrogens is 499 g/mol. The van der Waals surface area contributed by atoms with Crippen LogP contribution in [0.25, 0.3) is 11.1 Å². The fraction of sp³-hybridized carbons (Fsp3) is 0.296. The van der Waals surface area contributed by atoms with Gasteiger partial charge in [0.2, 0.25) is 5.91 Å². The van der Waals surface area contributed by atoms with E-state index >= 15 is 0 Å². The molecule has 3 aromatic rings. The van der Waals surface area contributed by atoms with Crippen LogP contribution in [0.3, 0.4) is 0 Å². The van der Waals surface area contributed by atoms with E-state index < -0.39 is 11.7 Å². The summed E-state index contributed by atoms with van der Waals surface area (Å²) in [6.45, 7) is 5.10. The number of carbonyl (C=O) groups is 1. The second-order valence-corrected chi connectivity index (χ2v) is 8.38. The molecule has 0 atom stereocenters. The summed E-state index contributed by atoms with van der Waals surface area (Å²) >= 11 is 0. The number of nitrogen functional groups attached to an aromatic ring is 1. The highest BCUT2D eigenvalue weighted by Gasteiger charge is 2.30. The molecule has 0 spiro atoms. The molecule has 1 amide bonds. The van der Waals surface area contributed by atoms with Gasteiger partial charge < -0.3 is 25.8 Å². The number of carbonyl (C=O) groups excluding carboxylic acids is 1. The molecule has 0 unspecified atom stereocenters. The van der Waals surface area contributed by atoms with Gasteiger partial charge in [-0.15, -0.1) is 0 Å². The lowest BCUT2D eigenvalue weighted by molar-refractivity contribution is -0.137. The first-order valence-electron chi connectivity index (χ1n) is 12.0. The van der Waals surface area contributed by atoms with Crippen LogP contribution in [0.1, 0.15) is 24.8 Å². The van der Waals surface area contributed by atoms with Gasteiger partial charge in [0.1, 0.15) is 29.5 Å². The lowest BCUT2D eigenvalue weighted by Crippen LogP contribution is -2.32. The van der Waals surface area contributed by atoms with E-state index in [4.69, 9.17) is 15.6 Å². The van der Waals surface area contributed by atoms with Crippen LogP contribution in [0.4, 0.5) is 24.8 Å². The second-order valence-electron chi connectivity index (χ2n) is 8.38. The summed E-state index contributed by atoms with van der Waals surface area (Å²) in [6.07, 6.45) is 0.140. The van der Waals surface area contributed by atoms with Gasteiger partial charge in [-0.25, -0.2) is 9.97 Å². The minimum Gasteiger partial charge on any atom is -0.457 e. The molecule has 0 saturated carbocycles. The number of rotatable bonds is 13. The number of aromatic nitrogens is 2. The molecular formula is C27H30F3N5O3. The minimum atomic E-state index is -4.46. The van der Waals surface area contributed by atoms with Gasteiger partial charge in [0.15, 0.2) is 0 Å². The number of benzene rings is 2. The molecule has 38 heavy (non-hydrogen) atoms. The largest absolute Gasteiger partial charge is 0.457 e. The van der Waals surface area contributed by atoms with E-state index in [1.165, 1.54) is 24.5 Å². The van der Waals surface area contributed by atoms with E-state index in [2.05, 4.69) is 21.9 Å². The Bertz CT molecular complexity index is 1220. The van der Waals surface area contributed by atoms with E-state index in [1.807, 2.05) is 0 Å². The van der Waals surface area contributed by atoms with Crippen molar-refractivity contribution in [1.82, 2.24) is 14.9 Å². The Morgan fingerprint density at radius 3 is 2.50 bits per heavy atom. The summed E-state index contributed by atoms with van der Waals surface area (Å²) in [5.41, 5.74) is 6.63. The highest BCUT2D eigenvalue weighted by atomic mass is 19.4. The number of aliphatic hydroxyl groups excluding tert-OH is 1. The summed E-state index contributed by atoms with van der Waals surface area (Å²) in [5.74, 6) is 1.06. The van der Waals surface area contributed by atoms with Crippen molar-refractivity contribution < 1.29 is 27.8 Å². The number of aliphatic hydroxyl groups is 1. The average Bonchev–Trinajstić information content (AvgIpc) is 2.90. The number of hydrogen-bond acceptors (Lipinski definition) is 7. The van der Waals surface area contributed by atoms with E-state index in [0.29, 0.717) is 48.7 Å². The van der Waals surface area contributed by atoms with E-state index in [1.54, 1.807) is 29.2 Å². The average molecular weight is 530 g/mol. The summed E-state index contributed by atoms with van der Waals surface area (Å²) in [7, 11) is 0. The normalized spacial score (nSPS) is 11.2. The highest BCUT2D eigenvalue weighted by Crippen LogP contribution is 2.35. The van der Waals surface area contributed by atoms with Gasteiger partial charge in [-0.3, -0.25) is 4.79 Å². The maximum absolute atomic E-state index is 13.0. The molecule has 11 heteroatoms. The first kappa shape index (κ1) is 28.5. The molecule has 1 heterocycles. The van der Waals surface area contributed by atoms with Crippen molar-refractivity contribution >= 4 is 17.5 Å². The van der Waals surface area contributed by atoms with Crippen molar-refractivity contribution in [2.45, 2.75) is 25.4 Å². The Balaban J connectivity index is 1.63. The number of alkyl halides is 3. The zero-order chi connectivity index (χ0) is 27.5. The standard InChI is InChI=1S/C27H30F3N5O3/c1-2-23(37)35(15-6-16-36)14-4-3-13-32-26-24(25(31)33-18-34-26)19-9-11-21(12-10-19)38-22-8-5-7-20(17-22)27(28,29)30/h2,5,7-12,17-18,36H,1,3-4,6,13-16H2,(H3,31,32,33,34). The third-order valence-electron chi connectivity index (χ3n) is 5.64. The highest BCUT2D eigenvalue weighted by molar-refractivity contribution is 5.87. The summed E-state index contributed by atoms with van der Waals surface area (Å²) in [4.78, 5) is 22.0. The number of amides is 1. The molecule has 0 aliphatic rings. The van der Waals surface area contributed by atoms with Crippen molar-refractivity contribution in [3.8, 4) is 22.6 Å². The third-order valence-corrected chi connectivity index (χ3v) is 5.64. The van der Waals surface area contributed by atoms with E-state index in [-0.39, 0.29) is 24.1 Å². The monoisotopic (exact) mass is 529 g/mol. The van der Waals surface area contributed by atoms with Crippen molar-refractivity contribution in [3.63, 3.8) is 0 Å². The lowest BCUT2D eigenvalue weighted by Gasteiger charge is -2.21. The minimum absolute atomic E-state index is 0.0126. The topological polar surface area (TPSA) is 114 Å². The van der Waals surface area contributed by atoms with Gasteiger partial charge in [0, 0.05) is 26.2 Å². The number of halogens is 3. The molecule has 3 rings (SSSR count). The summed E-state index contributed by atoms with van der Waals surface area (Å²) < 4.78 is 44.5. The van der Waals surface area contributed by atoms with E-state index in [0.717, 1.165) is 25.0 Å². The van der Waals surface area contributed by atoms with Crippen LogP contribution in [-0.4, -0.2) is 52.1 Å². The van der Waals surface area contributed by atoms with Crippen molar-refractivity contribution in [2.24, 2.45) is 0 Å². The Hall–Kier alpha value is -4.12. The maximum Gasteiger partial charge on any atom is 0.416 e. The van der Waals surface area contributed by atoms with Gasteiger partial charge in [-0.05, 0) is 61.2 Å². The Morgan fingerprint density at radius 1 is 1.08 bits per heavy atom. The molecule has 2 aromatic carbocycles. The van der Waals surface area contributed by atoms with Crippen LogP contribution < -0.4 is 15.8 Å². The van der Waals surface area contributed by atoms with Crippen LogP contribution in [0.15, 0.2) is 67.5 Å². The first-order chi connectivity index (χ1) is 18.2. The fourth-order valence-corrected chi connectivity index (χ4v) is 3.74. The molecule has 202 valence electrons. The number of ether oxygens (including phenoxy) is 1. The van der Waals surface area contributed by atoms with E-state index in [9.17, 15) is 18.0 Å². The molecule has 0 aliphatic heterocycles. The van der Waals surface area contributed by atoms with Gasteiger partial charge in [-0.1, -0.05) is 24.8 Å². The van der Waals surface area contributed by atoms with Crippen molar-refractivity contribution in [3.05, 3.63) is 73.1 Å². The molecule has 0 saturated heterocycles. The van der Waals surface area contributed by atoms with Gasteiger partial charge in [0.25, 0.3) is 0 Å². The maximum atomic E-state index is 13.0. The van der Waals surface area contributed by atoms with Crippen molar-refractivity contribution in [2.75, 3.05) is 37.3 Å².